The summed E-state index contributed by atoms with van der Waals surface area (Å²) in [6.45, 7) is 2.54. The van der Waals surface area contributed by atoms with Gasteiger partial charge in [-0.05, 0) is 5.56 Å². The van der Waals surface area contributed by atoms with Gasteiger partial charge in [0.25, 0.3) is 0 Å². The molecule has 0 saturated heterocycles. The lowest BCUT2D eigenvalue weighted by molar-refractivity contribution is -0.119. The molecule has 98 valence electrons. The normalized spacial score (nSPS) is 9.67. The molecule has 0 heterocycles. The van der Waals surface area contributed by atoms with Crippen LogP contribution in [0.5, 0.6) is 0 Å². The van der Waals surface area contributed by atoms with Crippen molar-refractivity contribution in [3.8, 4) is 0 Å². The molecule has 0 aliphatic carbocycles. The quantitative estimate of drug-likeness (QED) is 0.859. The zero-order valence-electron chi connectivity index (χ0n) is 10.7. The molecule has 18 heavy (non-hydrogen) atoms. The summed E-state index contributed by atoms with van der Waals surface area (Å²) in [7, 11) is 1.63. The van der Waals surface area contributed by atoms with Gasteiger partial charge in [0.2, 0.25) is 5.91 Å². The van der Waals surface area contributed by atoms with Crippen LogP contribution >= 0.6 is 0 Å². The highest BCUT2D eigenvalue weighted by Gasteiger charge is 2.09. The Labute approximate surface area is 107 Å². The molecular weight excluding hydrogens is 232 g/mol. The number of rotatable bonds is 5. The zero-order chi connectivity index (χ0) is 13.4. The summed E-state index contributed by atoms with van der Waals surface area (Å²) in [6.07, 6.45) is -0.399. The van der Waals surface area contributed by atoms with Gasteiger partial charge in [0.05, 0.1) is 0 Å². The molecule has 0 atom stereocenters. The van der Waals surface area contributed by atoms with E-state index in [4.69, 9.17) is 4.74 Å². The first-order valence-electron chi connectivity index (χ1n) is 5.76. The maximum absolute atomic E-state index is 11.6. The minimum atomic E-state index is -0.399. The predicted molar refractivity (Wildman–Crippen MR) is 67.9 cm³/mol. The second-order valence-corrected chi connectivity index (χ2v) is 3.94. The van der Waals surface area contributed by atoms with Crippen LogP contribution in [-0.2, 0) is 16.1 Å². The Hall–Kier alpha value is -2.04. The van der Waals surface area contributed by atoms with Crippen molar-refractivity contribution in [2.24, 2.45) is 0 Å². The molecule has 0 aliphatic rings. The lowest BCUT2D eigenvalue weighted by atomic mass is 10.2. The topological polar surface area (TPSA) is 58.6 Å². The molecule has 0 aliphatic heterocycles. The maximum atomic E-state index is 11.6. The Bertz CT molecular complexity index is 392. The summed E-state index contributed by atoms with van der Waals surface area (Å²) in [5, 5.41) is 2.62. The largest absolute Gasteiger partial charge is 0.445 e. The van der Waals surface area contributed by atoms with Crippen LogP contribution in [0.25, 0.3) is 0 Å². The van der Waals surface area contributed by atoms with Gasteiger partial charge in [0.1, 0.15) is 6.61 Å². The van der Waals surface area contributed by atoms with Crippen LogP contribution in [0.2, 0.25) is 0 Å². The Kier molecular flexibility index (Phi) is 5.70. The van der Waals surface area contributed by atoms with E-state index in [-0.39, 0.29) is 12.5 Å². The standard InChI is InChI=1S/C13H18N2O3/c1-11(16)14-8-9-15(2)13(17)18-10-12-6-4-3-5-7-12/h3-7H,8-10H2,1-2H3,(H,14,16). The van der Waals surface area contributed by atoms with Crippen molar-refractivity contribution in [1.82, 2.24) is 10.2 Å². The van der Waals surface area contributed by atoms with Crippen molar-refractivity contribution in [2.45, 2.75) is 13.5 Å². The number of hydrogen-bond acceptors (Lipinski definition) is 3. The van der Waals surface area contributed by atoms with E-state index in [2.05, 4.69) is 5.32 Å². The average molecular weight is 250 g/mol. The lowest BCUT2D eigenvalue weighted by Crippen LogP contribution is -2.35. The Morgan fingerprint density at radius 2 is 1.94 bits per heavy atom. The van der Waals surface area contributed by atoms with E-state index < -0.39 is 6.09 Å². The molecule has 1 rings (SSSR count). The van der Waals surface area contributed by atoms with Crippen LogP contribution in [0, 0.1) is 0 Å². The van der Waals surface area contributed by atoms with Crippen LogP contribution in [0.1, 0.15) is 12.5 Å². The number of ether oxygens (including phenoxy) is 1. The summed E-state index contributed by atoms with van der Waals surface area (Å²) in [4.78, 5) is 23.7. The molecule has 0 spiro atoms. The Morgan fingerprint density at radius 1 is 1.28 bits per heavy atom. The number of nitrogens with one attached hydrogen (secondary N) is 1. The van der Waals surface area contributed by atoms with Gasteiger partial charge in [-0.15, -0.1) is 0 Å². The molecule has 0 bridgehead atoms. The van der Waals surface area contributed by atoms with Gasteiger partial charge in [-0.3, -0.25) is 4.79 Å². The van der Waals surface area contributed by atoms with E-state index in [0.717, 1.165) is 5.56 Å². The van der Waals surface area contributed by atoms with Crippen molar-refractivity contribution in [3.05, 3.63) is 35.9 Å². The molecule has 5 heteroatoms. The average Bonchev–Trinajstić information content (AvgIpc) is 2.36. The zero-order valence-corrected chi connectivity index (χ0v) is 10.7. The molecule has 1 aromatic carbocycles. The van der Waals surface area contributed by atoms with Crippen molar-refractivity contribution >= 4 is 12.0 Å². The molecular formula is C13H18N2O3. The smallest absolute Gasteiger partial charge is 0.409 e. The molecule has 1 aromatic rings. The molecule has 2 amide bonds. The third-order valence-corrected chi connectivity index (χ3v) is 2.34. The summed E-state index contributed by atoms with van der Waals surface area (Å²) in [5.41, 5.74) is 0.945. The van der Waals surface area contributed by atoms with Crippen molar-refractivity contribution in [1.29, 1.82) is 0 Å². The second kappa shape index (κ2) is 7.32. The third kappa shape index (κ3) is 5.34. The summed E-state index contributed by atoms with van der Waals surface area (Å²) in [6, 6.07) is 9.48. The number of nitrogens with zero attached hydrogens (tertiary/aromatic N) is 1. The lowest BCUT2D eigenvalue weighted by Gasteiger charge is -2.16. The van der Waals surface area contributed by atoms with Crippen LogP contribution in [0.15, 0.2) is 30.3 Å². The molecule has 5 nitrogen and oxygen atoms in total. The van der Waals surface area contributed by atoms with E-state index >= 15 is 0 Å². The monoisotopic (exact) mass is 250 g/mol. The number of carbonyl (C=O) groups is 2. The van der Waals surface area contributed by atoms with E-state index in [9.17, 15) is 9.59 Å². The fraction of sp³-hybridized carbons (Fsp3) is 0.385. The van der Waals surface area contributed by atoms with Gasteiger partial charge in [-0.1, -0.05) is 30.3 Å². The van der Waals surface area contributed by atoms with Gasteiger partial charge in [-0.25, -0.2) is 4.79 Å². The minimum absolute atomic E-state index is 0.110. The van der Waals surface area contributed by atoms with Crippen molar-refractivity contribution in [2.75, 3.05) is 20.1 Å². The summed E-state index contributed by atoms with van der Waals surface area (Å²) >= 11 is 0. The van der Waals surface area contributed by atoms with Crippen molar-refractivity contribution < 1.29 is 14.3 Å². The number of hydrogen-bond donors (Lipinski definition) is 1. The molecule has 1 N–H and O–H groups in total. The van der Waals surface area contributed by atoms with Crippen LogP contribution in [0.4, 0.5) is 4.79 Å². The van der Waals surface area contributed by atoms with Gasteiger partial charge >= 0.3 is 6.09 Å². The third-order valence-electron chi connectivity index (χ3n) is 2.34. The first kappa shape index (κ1) is 14.0. The highest BCUT2D eigenvalue weighted by molar-refractivity contribution is 5.73. The Balaban J connectivity index is 2.25. The molecule has 0 radical (unpaired) electrons. The molecule has 0 saturated carbocycles. The minimum Gasteiger partial charge on any atom is -0.445 e. The Morgan fingerprint density at radius 3 is 2.56 bits per heavy atom. The fourth-order valence-electron chi connectivity index (χ4n) is 1.32. The second-order valence-electron chi connectivity index (χ2n) is 3.94. The van der Waals surface area contributed by atoms with Crippen molar-refractivity contribution in [3.63, 3.8) is 0 Å². The fourth-order valence-corrected chi connectivity index (χ4v) is 1.32. The number of amides is 2. The summed E-state index contributed by atoms with van der Waals surface area (Å²) in [5.74, 6) is -0.110. The highest BCUT2D eigenvalue weighted by Crippen LogP contribution is 2.02. The first-order chi connectivity index (χ1) is 8.59. The van der Waals surface area contributed by atoms with Crippen LogP contribution in [-0.4, -0.2) is 37.0 Å². The SMILES string of the molecule is CC(=O)NCCN(C)C(=O)OCc1ccccc1. The van der Waals surface area contributed by atoms with E-state index in [1.54, 1.807) is 7.05 Å². The predicted octanol–water partition coefficient (Wildman–Crippen LogP) is 1.39. The van der Waals surface area contributed by atoms with E-state index in [1.165, 1.54) is 11.8 Å². The molecule has 0 fully saturated rings. The molecule has 0 unspecified atom stereocenters. The van der Waals surface area contributed by atoms with E-state index in [0.29, 0.717) is 13.1 Å². The van der Waals surface area contributed by atoms with Crippen LogP contribution < -0.4 is 5.32 Å². The summed E-state index contributed by atoms with van der Waals surface area (Å²) < 4.78 is 5.12. The van der Waals surface area contributed by atoms with E-state index in [1.807, 2.05) is 30.3 Å². The first-order valence-corrected chi connectivity index (χ1v) is 5.76. The number of likely N-dealkylation sites (N-methyl/N-ethyl adjacent to an activating group) is 1. The van der Waals surface area contributed by atoms with Gasteiger partial charge in [0, 0.05) is 27.1 Å². The maximum Gasteiger partial charge on any atom is 0.409 e. The highest BCUT2D eigenvalue weighted by atomic mass is 16.6. The number of benzene rings is 1. The molecule has 0 aromatic heterocycles. The van der Waals surface area contributed by atoms with Crippen LogP contribution in [0.3, 0.4) is 0 Å². The van der Waals surface area contributed by atoms with Gasteiger partial charge < -0.3 is 15.0 Å². The van der Waals surface area contributed by atoms with Gasteiger partial charge in [-0.2, -0.15) is 0 Å². The number of carbonyl (C=O) groups excluding carboxylic acids is 2. The van der Waals surface area contributed by atoms with Gasteiger partial charge in [0.15, 0.2) is 0 Å².